The summed E-state index contributed by atoms with van der Waals surface area (Å²) in [7, 11) is 1.54. The number of hydrogen-bond donors (Lipinski definition) is 2. The molecular formula is C11H14N2O2. The summed E-state index contributed by atoms with van der Waals surface area (Å²) >= 11 is 0. The van der Waals surface area contributed by atoms with Crippen LogP contribution in [0, 0.1) is 0 Å². The van der Waals surface area contributed by atoms with E-state index in [1.807, 2.05) is 0 Å². The van der Waals surface area contributed by atoms with E-state index in [1.54, 1.807) is 24.3 Å². The van der Waals surface area contributed by atoms with Crippen molar-refractivity contribution in [1.29, 1.82) is 0 Å². The molecule has 0 bridgehead atoms. The Morgan fingerprint density at radius 3 is 3.00 bits per heavy atom. The molecule has 1 aromatic rings. The summed E-state index contributed by atoms with van der Waals surface area (Å²) < 4.78 is 5.01. The molecule has 0 saturated carbocycles. The highest BCUT2D eigenvalue weighted by molar-refractivity contribution is 5.99. The van der Waals surface area contributed by atoms with Gasteiger partial charge >= 0.3 is 0 Å². The number of benzene rings is 1. The molecule has 15 heavy (non-hydrogen) atoms. The number of nitrogens with two attached hydrogens (primary N) is 1. The van der Waals surface area contributed by atoms with Gasteiger partial charge in [0.1, 0.15) is 5.75 Å². The Labute approximate surface area is 88.7 Å². The normalized spacial score (nSPS) is 9.40. The molecule has 1 aromatic carbocycles. The van der Waals surface area contributed by atoms with Crippen LogP contribution in [-0.4, -0.2) is 19.6 Å². The third kappa shape index (κ3) is 2.74. The summed E-state index contributed by atoms with van der Waals surface area (Å²) in [5, 5.41) is 2.65. The lowest BCUT2D eigenvalue weighted by Crippen LogP contribution is -2.24. The number of hydrogen-bond acceptors (Lipinski definition) is 3. The van der Waals surface area contributed by atoms with Crippen molar-refractivity contribution in [3.05, 3.63) is 36.4 Å². The number of rotatable bonds is 4. The van der Waals surface area contributed by atoms with E-state index in [9.17, 15) is 4.79 Å². The Morgan fingerprint density at radius 2 is 2.40 bits per heavy atom. The average molecular weight is 206 g/mol. The maximum atomic E-state index is 11.6. The van der Waals surface area contributed by atoms with Crippen LogP contribution in [0.5, 0.6) is 5.75 Å². The molecule has 0 unspecified atom stereocenters. The third-order valence-electron chi connectivity index (χ3n) is 1.91. The molecule has 0 aliphatic rings. The molecule has 3 N–H and O–H groups in total. The van der Waals surface area contributed by atoms with Gasteiger partial charge in [-0.2, -0.15) is 0 Å². The third-order valence-corrected chi connectivity index (χ3v) is 1.91. The molecule has 0 heterocycles. The van der Waals surface area contributed by atoms with Gasteiger partial charge < -0.3 is 15.8 Å². The number of carbonyl (C=O) groups excluding carboxylic acids is 1. The first-order valence-corrected chi connectivity index (χ1v) is 4.51. The summed E-state index contributed by atoms with van der Waals surface area (Å²) in [6.07, 6.45) is 1.61. The van der Waals surface area contributed by atoms with Crippen molar-refractivity contribution in [3.8, 4) is 5.75 Å². The van der Waals surface area contributed by atoms with E-state index in [2.05, 4.69) is 11.9 Å². The number of methoxy groups -OCH3 is 1. The van der Waals surface area contributed by atoms with Gasteiger partial charge in [0.15, 0.2) is 0 Å². The van der Waals surface area contributed by atoms with Crippen molar-refractivity contribution in [3.63, 3.8) is 0 Å². The maximum absolute atomic E-state index is 11.6. The quantitative estimate of drug-likeness (QED) is 0.574. The van der Waals surface area contributed by atoms with Crippen LogP contribution < -0.4 is 15.8 Å². The second-order valence-electron chi connectivity index (χ2n) is 2.95. The molecular weight excluding hydrogens is 192 g/mol. The summed E-state index contributed by atoms with van der Waals surface area (Å²) in [6.45, 7) is 3.92. The zero-order chi connectivity index (χ0) is 11.3. The molecule has 1 rings (SSSR count). The monoisotopic (exact) mass is 206 g/mol. The van der Waals surface area contributed by atoms with Gasteiger partial charge in [0.05, 0.1) is 12.7 Å². The van der Waals surface area contributed by atoms with E-state index in [1.165, 1.54) is 7.11 Å². The minimum Gasteiger partial charge on any atom is -0.497 e. The molecule has 0 aliphatic heterocycles. The Hall–Kier alpha value is -1.97. The van der Waals surface area contributed by atoms with Crippen LogP contribution in [0.4, 0.5) is 5.69 Å². The fourth-order valence-corrected chi connectivity index (χ4v) is 1.12. The largest absolute Gasteiger partial charge is 0.497 e. The number of amides is 1. The van der Waals surface area contributed by atoms with Gasteiger partial charge in [-0.3, -0.25) is 4.79 Å². The second-order valence-corrected chi connectivity index (χ2v) is 2.95. The molecule has 0 spiro atoms. The highest BCUT2D eigenvalue weighted by atomic mass is 16.5. The zero-order valence-corrected chi connectivity index (χ0v) is 8.62. The molecule has 4 heteroatoms. The van der Waals surface area contributed by atoms with Gasteiger partial charge in [0.2, 0.25) is 0 Å². The Balaban J connectivity index is 2.91. The van der Waals surface area contributed by atoms with Gasteiger partial charge in [0, 0.05) is 12.2 Å². The molecule has 0 aromatic heterocycles. The Kier molecular flexibility index (Phi) is 3.74. The van der Waals surface area contributed by atoms with E-state index in [-0.39, 0.29) is 5.91 Å². The van der Waals surface area contributed by atoms with Gasteiger partial charge in [0.25, 0.3) is 5.91 Å². The highest BCUT2D eigenvalue weighted by Gasteiger charge is 2.09. The van der Waals surface area contributed by atoms with Gasteiger partial charge in [-0.05, 0) is 18.2 Å². The number of ether oxygens (including phenoxy) is 1. The van der Waals surface area contributed by atoms with Crippen molar-refractivity contribution in [2.45, 2.75) is 0 Å². The molecule has 80 valence electrons. The number of carbonyl (C=O) groups is 1. The lowest BCUT2D eigenvalue weighted by Gasteiger charge is -2.07. The zero-order valence-electron chi connectivity index (χ0n) is 8.62. The molecule has 0 radical (unpaired) electrons. The van der Waals surface area contributed by atoms with E-state index >= 15 is 0 Å². The van der Waals surface area contributed by atoms with Crippen molar-refractivity contribution in [2.75, 3.05) is 19.4 Å². The molecule has 1 amide bonds. The van der Waals surface area contributed by atoms with Crippen LogP contribution in [-0.2, 0) is 0 Å². The molecule has 0 saturated heterocycles. The first-order chi connectivity index (χ1) is 7.19. The number of anilines is 1. The molecule has 0 aliphatic carbocycles. The van der Waals surface area contributed by atoms with Crippen LogP contribution in [0.25, 0.3) is 0 Å². The predicted octanol–water partition coefficient (Wildman–Crippen LogP) is 1.19. The highest BCUT2D eigenvalue weighted by Crippen LogP contribution is 2.19. The number of nitrogen functional groups attached to an aromatic ring is 1. The van der Waals surface area contributed by atoms with Crippen molar-refractivity contribution < 1.29 is 9.53 Å². The van der Waals surface area contributed by atoms with E-state index in [4.69, 9.17) is 10.5 Å². The lowest BCUT2D eigenvalue weighted by atomic mass is 10.1. The topological polar surface area (TPSA) is 64.3 Å². The van der Waals surface area contributed by atoms with Crippen LogP contribution in [0.3, 0.4) is 0 Å². The van der Waals surface area contributed by atoms with Gasteiger partial charge in [-0.25, -0.2) is 0 Å². The van der Waals surface area contributed by atoms with E-state index < -0.39 is 0 Å². The predicted molar refractivity (Wildman–Crippen MR) is 59.9 cm³/mol. The summed E-state index contributed by atoms with van der Waals surface area (Å²) in [5.41, 5.74) is 6.52. The molecule has 0 atom stereocenters. The number of nitrogens with one attached hydrogen (secondary N) is 1. The second kappa shape index (κ2) is 5.05. The minimum atomic E-state index is -0.230. The average Bonchev–Trinajstić information content (AvgIpc) is 2.26. The van der Waals surface area contributed by atoms with Gasteiger partial charge in [-0.15, -0.1) is 6.58 Å². The summed E-state index contributed by atoms with van der Waals surface area (Å²) in [4.78, 5) is 11.6. The van der Waals surface area contributed by atoms with Crippen LogP contribution in [0.15, 0.2) is 30.9 Å². The van der Waals surface area contributed by atoms with Crippen LogP contribution in [0.1, 0.15) is 10.4 Å². The van der Waals surface area contributed by atoms with Crippen LogP contribution in [0.2, 0.25) is 0 Å². The fraction of sp³-hybridized carbons (Fsp3) is 0.182. The lowest BCUT2D eigenvalue weighted by molar-refractivity contribution is 0.0958. The van der Waals surface area contributed by atoms with Crippen molar-refractivity contribution in [1.82, 2.24) is 5.32 Å². The smallest absolute Gasteiger partial charge is 0.253 e. The standard InChI is InChI=1S/C11H14N2O2/c1-3-6-13-11(14)9-7-8(15-2)4-5-10(9)12/h3-5,7H,1,6,12H2,2H3,(H,13,14). The molecule has 0 fully saturated rings. The van der Waals surface area contributed by atoms with E-state index in [0.29, 0.717) is 23.5 Å². The fourth-order valence-electron chi connectivity index (χ4n) is 1.12. The Bertz CT molecular complexity index is 375. The minimum absolute atomic E-state index is 0.230. The van der Waals surface area contributed by atoms with Crippen LogP contribution >= 0.6 is 0 Å². The van der Waals surface area contributed by atoms with Crippen molar-refractivity contribution in [2.24, 2.45) is 0 Å². The maximum Gasteiger partial charge on any atom is 0.253 e. The first-order valence-electron chi connectivity index (χ1n) is 4.51. The van der Waals surface area contributed by atoms with Crippen molar-refractivity contribution >= 4 is 11.6 Å². The summed E-state index contributed by atoms with van der Waals surface area (Å²) in [5.74, 6) is 0.374. The summed E-state index contributed by atoms with van der Waals surface area (Å²) in [6, 6.07) is 4.95. The first kappa shape index (κ1) is 11.1. The van der Waals surface area contributed by atoms with E-state index in [0.717, 1.165) is 0 Å². The Morgan fingerprint density at radius 1 is 1.67 bits per heavy atom. The SMILES string of the molecule is C=CCNC(=O)c1cc(OC)ccc1N. The molecule has 4 nitrogen and oxygen atoms in total. The van der Waals surface area contributed by atoms with Gasteiger partial charge in [-0.1, -0.05) is 6.08 Å².